The molecule has 0 amide bonds. The predicted octanol–water partition coefficient (Wildman–Crippen LogP) is 12.2. The van der Waals surface area contributed by atoms with Gasteiger partial charge in [-0.2, -0.15) is 5.26 Å². The molecule has 11 rings (SSSR count). The lowest BCUT2D eigenvalue weighted by molar-refractivity contribution is 1.00. The van der Waals surface area contributed by atoms with Crippen LogP contribution < -0.4 is 0 Å². The van der Waals surface area contributed by atoms with Gasteiger partial charge in [-0.1, -0.05) is 121 Å². The van der Waals surface area contributed by atoms with Crippen molar-refractivity contribution in [1.29, 1.82) is 5.26 Å². The first-order chi connectivity index (χ1) is 26.7. The molecule has 5 heteroatoms. The van der Waals surface area contributed by atoms with Crippen molar-refractivity contribution < 1.29 is 0 Å². The summed E-state index contributed by atoms with van der Waals surface area (Å²) >= 11 is 0. The fourth-order valence-electron chi connectivity index (χ4n) is 8.31. The molecule has 0 unspecified atom stereocenters. The minimum atomic E-state index is 0.364. The van der Waals surface area contributed by atoms with Crippen molar-refractivity contribution in [3.8, 4) is 40.0 Å². The van der Waals surface area contributed by atoms with Gasteiger partial charge in [0.15, 0.2) is 5.69 Å². The first-order valence-electron chi connectivity index (χ1n) is 18.1. The highest BCUT2D eigenvalue weighted by atomic mass is 15.2. The van der Waals surface area contributed by atoms with Crippen LogP contribution in [0.1, 0.15) is 5.69 Å². The number of hydrogen-bond acceptors (Lipinski definition) is 3. The van der Waals surface area contributed by atoms with Gasteiger partial charge in [-0.3, -0.25) is 4.57 Å². The van der Waals surface area contributed by atoms with Crippen molar-refractivity contribution in [2.45, 2.75) is 0 Å². The fraction of sp³-hybridized carbons (Fsp3) is 0. The van der Waals surface area contributed by atoms with E-state index in [1.165, 1.54) is 38.2 Å². The molecule has 0 bridgehead atoms. The second-order valence-electron chi connectivity index (χ2n) is 13.7. The standard InChI is InChI=1S/C49H29N5/c50-30-44-41-15-3-6-17-43(41)51-49(52-44)54-46-19-8-4-13-38(46)40-26-22-34(29-48(40)54)33-23-27-47-42(28-33)39-14-5-7-18-45(39)53(47)35-24-20-32(21-25-35)37-16-9-11-31-10-1-2-12-36(31)37/h1-29H. The summed E-state index contributed by atoms with van der Waals surface area (Å²) in [5.74, 6) is 0.485. The summed E-state index contributed by atoms with van der Waals surface area (Å²) in [5, 5.41) is 17.9. The third-order valence-corrected chi connectivity index (χ3v) is 10.8. The minimum Gasteiger partial charge on any atom is -0.309 e. The molecular formula is C49H29N5. The summed E-state index contributed by atoms with van der Waals surface area (Å²) in [6.45, 7) is 0. The monoisotopic (exact) mass is 687 g/mol. The Morgan fingerprint density at radius 2 is 1.00 bits per heavy atom. The maximum atomic E-state index is 10.1. The number of para-hydroxylation sites is 3. The van der Waals surface area contributed by atoms with Gasteiger partial charge in [0.05, 0.1) is 27.6 Å². The van der Waals surface area contributed by atoms with Crippen LogP contribution in [0.2, 0.25) is 0 Å². The Hall–Kier alpha value is -7.55. The molecule has 8 aromatic carbocycles. The van der Waals surface area contributed by atoms with E-state index in [-0.39, 0.29) is 0 Å². The summed E-state index contributed by atoms with van der Waals surface area (Å²) in [7, 11) is 0. The van der Waals surface area contributed by atoms with Crippen molar-refractivity contribution in [1.82, 2.24) is 19.1 Å². The smallest absolute Gasteiger partial charge is 0.236 e. The zero-order chi connectivity index (χ0) is 35.8. The number of nitriles is 1. The number of benzene rings is 8. The van der Waals surface area contributed by atoms with Crippen molar-refractivity contribution in [2.24, 2.45) is 0 Å². The summed E-state index contributed by atoms with van der Waals surface area (Å²) in [6.07, 6.45) is 0. The number of hydrogen-bond donors (Lipinski definition) is 0. The number of nitrogens with zero attached hydrogens (tertiary/aromatic N) is 5. The van der Waals surface area contributed by atoms with Gasteiger partial charge < -0.3 is 4.57 Å². The minimum absolute atomic E-state index is 0.364. The van der Waals surface area contributed by atoms with E-state index in [1.54, 1.807) is 0 Å². The highest BCUT2D eigenvalue weighted by Gasteiger charge is 2.18. The average molecular weight is 688 g/mol. The molecule has 0 saturated heterocycles. The van der Waals surface area contributed by atoms with E-state index < -0.39 is 0 Å². The van der Waals surface area contributed by atoms with Gasteiger partial charge in [0, 0.05) is 32.6 Å². The summed E-state index contributed by atoms with van der Waals surface area (Å²) in [4.78, 5) is 9.76. The molecule has 0 aliphatic rings. The van der Waals surface area contributed by atoms with Crippen LogP contribution in [0.15, 0.2) is 176 Å². The number of rotatable bonds is 4. The molecule has 0 N–H and O–H groups in total. The Morgan fingerprint density at radius 3 is 1.81 bits per heavy atom. The highest BCUT2D eigenvalue weighted by Crippen LogP contribution is 2.39. The van der Waals surface area contributed by atoms with Crippen LogP contribution in [0, 0.1) is 11.3 Å². The van der Waals surface area contributed by atoms with E-state index in [1.807, 2.05) is 30.3 Å². The zero-order valence-corrected chi connectivity index (χ0v) is 29.0. The maximum Gasteiger partial charge on any atom is 0.236 e. The number of aromatic nitrogens is 4. The molecule has 250 valence electrons. The summed E-state index contributed by atoms with van der Waals surface area (Å²) in [5.41, 5.74) is 11.2. The number of fused-ring (bicyclic) bond motifs is 8. The van der Waals surface area contributed by atoms with Crippen LogP contribution >= 0.6 is 0 Å². The lowest BCUT2D eigenvalue weighted by Crippen LogP contribution is -2.03. The first-order valence-corrected chi connectivity index (χ1v) is 18.1. The molecule has 0 aliphatic carbocycles. The second kappa shape index (κ2) is 11.7. The lowest BCUT2D eigenvalue weighted by Gasteiger charge is -2.11. The molecule has 3 aromatic heterocycles. The van der Waals surface area contributed by atoms with E-state index in [2.05, 4.69) is 161 Å². The molecule has 3 heterocycles. The largest absolute Gasteiger partial charge is 0.309 e. The molecular weight excluding hydrogens is 659 g/mol. The molecule has 0 aliphatic heterocycles. The molecule has 0 spiro atoms. The van der Waals surface area contributed by atoms with Crippen molar-refractivity contribution in [2.75, 3.05) is 0 Å². The van der Waals surface area contributed by atoms with Gasteiger partial charge in [-0.05, 0) is 87.6 Å². The summed E-state index contributed by atoms with van der Waals surface area (Å²) in [6, 6.07) is 64.4. The van der Waals surface area contributed by atoms with Gasteiger partial charge in [-0.25, -0.2) is 9.97 Å². The van der Waals surface area contributed by atoms with Crippen molar-refractivity contribution in [3.63, 3.8) is 0 Å². The van der Waals surface area contributed by atoms with Gasteiger partial charge in [-0.15, -0.1) is 0 Å². The average Bonchev–Trinajstić information content (AvgIpc) is 3.75. The van der Waals surface area contributed by atoms with Crippen molar-refractivity contribution in [3.05, 3.63) is 182 Å². The van der Waals surface area contributed by atoms with E-state index >= 15 is 0 Å². The van der Waals surface area contributed by atoms with Crippen LogP contribution in [0.3, 0.4) is 0 Å². The zero-order valence-electron chi connectivity index (χ0n) is 29.0. The SMILES string of the molecule is N#Cc1nc(-n2c3ccccc3c3ccc(-c4ccc5c(c4)c4ccccc4n5-c4ccc(-c5cccc6ccccc56)cc4)cc32)nc2ccccc12. The lowest BCUT2D eigenvalue weighted by atomic mass is 9.98. The van der Waals surface area contributed by atoms with Crippen LogP contribution in [0.25, 0.3) is 99.2 Å². The molecule has 0 radical (unpaired) electrons. The van der Waals surface area contributed by atoms with Crippen LogP contribution in [0.4, 0.5) is 0 Å². The van der Waals surface area contributed by atoms with E-state index in [0.717, 1.165) is 55.0 Å². The fourth-order valence-corrected chi connectivity index (χ4v) is 8.31. The van der Waals surface area contributed by atoms with E-state index in [9.17, 15) is 5.26 Å². The molecule has 0 fully saturated rings. The quantitative estimate of drug-likeness (QED) is 0.185. The third kappa shape index (κ3) is 4.51. The molecule has 5 nitrogen and oxygen atoms in total. The van der Waals surface area contributed by atoms with E-state index in [0.29, 0.717) is 11.6 Å². The van der Waals surface area contributed by atoms with Crippen LogP contribution in [-0.4, -0.2) is 19.1 Å². The van der Waals surface area contributed by atoms with Gasteiger partial charge in [0.25, 0.3) is 0 Å². The van der Waals surface area contributed by atoms with Gasteiger partial charge >= 0.3 is 0 Å². The Bertz CT molecular complexity index is 3340. The first kappa shape index (κ1) is 30.1. The van der Waals surface area contributed by atoms with Gasteiger partial charge in [0.1, 0.15) is 6.07 Å². The predicted molar refractivity (Wildman–Crippen MR) is 221 cm³/mol. The van der Waals surface area contributed by atoms with Crippen LogP contribution in [-0.2, 0) is 0 Å². The Balaban J connectivity index is 1.06. The molecule has 54 heavy (non-hydrogen) atoms. The molecule has 0 atom stereocenters. The Labute approximate surface area is 310 Å². The van der Waals surface area contributed by atoms with Crippen LogP contribution in [0.5, 0.6) is 0 Å². The molecule has 11 aromatic rings. The van der Waals surface area contributed by atoms with Crippen molar-refractivity contribution >= 4 is 65.3 Å². The summed E-state index contributed by atoms with van der Waals surface area (Å²) < 4.78 is 4.46. The topological polar surface area (TPSA) is 59.4 Å². The maximum absolute atomic E-state index is 10.1. The molecule has 0 saturated carbocycles. The third-order valence-electron chi connectivity index (χ3n) is 10.8. The highest BCUT2D eigenvalue weighted by molar-refractivity contribution is 6.12. The normalized spacial score (nSPS) is 11.7. The van der Waals surface area contributed by atoms with E-state index in [4.69, 9.17) is 9.97 Å². The Kier molecular flexibility index (Phi) is 6.55. The second-order valence-corrected chi connectivity index (χ2v) is 13.7. The Morgan fingerprint density at radius 1 is 0.407 bits per heavy atom. The van der Waals surface area contributed by atoms with Gasteiger partial charge in [0.2, 0.25) is 5.95 Å².